The van der Waals surface area contributed by atoms with Crippen LogP contribution in [0.1, 0.15) is 12.6 Å². The molecule has 2 saturated heterocycles. The lowest BCUT2D eigenvalue weighted by molar-refractivity contribution is -0.140. The van der Waals surface area contributed by atoms with E-state index in [1.807, 2.05) is 0 Å². The molecule has 0 bridgehead atoms. The maximum atomic E-state index is 14.8. The Morgan fingerprint density at radius 2 is 2.03 bits per heavy atom. The van der Waals surface area contributed by atoms with Gasteiger partial charge in [0.25, 0.3) is 0 Å². The molecule has 0 spiro atoms. The maximum Gasteiger partial charge on any atom is 0.459 e. The average molecular weight is 515 g/mol. The van der Waals surface area contributed by atoms with Crippen molar-refractivity contribution in [3.63, 3.8) is 0 Å². The van der Waals surface area contributed by atoms with Crippen molar-refractivity contribution < 1.29 is 37.0 Å². The van der Waals surface area contributed by atoms with Gasteiger partial charge in [-0.25, -0.2) is 9.36 Å². The first kappa shape index (κ1) is 25.2. The van der Waals surface area contributed by atoms with E-state index in [0.717, 1.165) is 12.3 Å². The maximum absolute atomic E-state index is 14.8. The first-order valence-electron chi connectivity index (χ1n) is 10.6. The van der Waals surface area contributed by atoms with Crippen LogP contribution in [0.2, 0.25) is 0 Å². The minimum atomic E-state index is -4.31. The second kappa shape index (κ2) is 9.63. The summed E-state index contributed by atoms with van der Waals surface area (Å²) < 4.78 is 59.7. The number of nitrogens with zero attached hydrogens (tertiary/aromatic N) is 3. The fraction of sp³-hybridized carbons (Fsp3) is 0.450. The Labute approximate surface area is 198 Å². The lowest BCUT2D eigenvalue weighted by atomic mass is 10.1. The number of nitrogen functional groups attached to an aromatic ring is 1. The topological polar surface area (TPSA) is 158 Å². The van der Waals surface area contributed by atoms with Crippen LogP contribution in [-0.2, 0) is 18.6 Å². The minimum Gasteiger partial charge on any atom is -0.413 e. The molecule has 4 rings (SSSR count). The van der Waals surface area contributed by atoms with Gasteiger partial charge in [-0.05, 0) is 24.6 Å². The van der Waals surface area contributed by atoms with Gasteiger partial charge in [0.15, 0.2) is 6.10 Å². The van der Waals surface area contributed by atoms with Gasteiger partial charge in [-0.15, -0.1) is 0 Å². The Hall–Kier alpha value is -2.90. The summed E-state index contributed by atoms with van der Waals surface area (Å²) in [5.41, 5.74) is 4.29. The van der Waals surface area contributed by atoms with Crippen molar-refractivity contribution in [2.24, 2.45) is 0 Å². The third-order valence-electron chi connectivity index (χ3n) is 5.60. The molecular weight excluding hydrogens is 491 g/mol. The highest BCUT2D eigenvalue weighted by Crippen LogP contribution is 2.48. The van der Waals surface area contributed by atoms with Crippen molar-refractivity contribution in [1.82, 2.24) is 19.5 Å². The molecule has 4 N–H and O–H groups in total. The van der Waals surface area contributed by atoms with Gasteiger partial charge in [-0.3, -0.25) is 13.9 Å². The number of nitrogens with two attached hydrogens (primary N) is 1. The molecule has 1 amide bonds. The zero-order valence-electron chi connectivity index (χ0n) is 18.5. The van der Waals surface area contributed by atoms with Crippen LogP contribution >= 0.6 is 7.75 Å². The third-order valence-corrected chi connectivity index (χ3v) is 7.17. The van der Waals surface area contributed by atoms with Crippen LogP contribution in [0, 0.1) is 0 Å². The molecule has 190 valence electrons. The number of aliphatic hydroxyl groups is 1. The van der Waals surface area contributed by atoms with Crippen LogP contribution in [0.25, 0.3) is 0 Å². The van der Waals surface area contributed by atoms with E-state index in [2.05, 4.69) is 10.1 Å². The molecule has 15 heteroatoms. The molecule has 2 aliphatic rings. The number of hydrogen-bond acceptors (Lipinski definition) is 9. The van der Waals surface area contributed by atoms with Gasteiger partial charge in [0.1, 0.15) is 17.7 Å². The van der Waals surface area contributed by atoms with Gasteiger partial charge in [0.2, 0.25) is 12.1 Å². The number of aliphatic hydroxyl groups excluding tert-OH is 1. The van der Waals surface area contributed by atoms with Crippen LogP contribution in [-0.4, -0.2) is 69.8 Å². The van der Waals surface area contributed by atoms with E-state index in [1.165, 1.54) is 17.0 Å². The zero-order valence-corrected chi connectivity index (χ0v) is 19.4. The molecular formula is C20H24F2N5O7P. The van der Waals surface area contributed by atoms with Crippen LogP contribution in [0.15, 0.2) is 47.4 Å². The Kier molecular flexibility index (Phi) is 6.93. The Balaban J connectivity index is 1.53. The monoisotopic (exact) mass is 515 g/mol. The number of benzene rings is 1. The summed E-state index contributed by atoms with van der Waals surface area (Å²) in [6, 6.07) is 8.14. The lowest BCUT2D eigenvalue weighted by Gasteiger charge is -2.24. The second-order valence-electron chi connectivity index (χ2n) is 8.12. The van der Waals surface area contributed by atoms with Crippen molar-refractivity contribution >= 4 is 19.5 Å². The highest BCUT2D eigenvalue weighted by molar-refractivity contribution is 7.52. The molecule has 35 heavy (non-hydrogen) atoms. The summed E-state index contributed by atoms with van der Waals surface area (Å²) in [6.07, 6.45) is -5.04. The van der Waals surface area contributed by atoms with E-state index in [9.17, 15) is 28.0 Å². The molecule has 2 fully saturated rings. The first-order chi connectivity index (χ1) is 16.5. The molecule has 1 aromatic carbocycles. The fourth-order valence-electron chi connectivity index (χ4n) is 3.73. The van der Waals surface area contributed by atoms with E-state index in [1.54, 1.807) is 25.2 Å². The van der Waals surface area contributed by atoms with E-state index >= 15 is 0 Å². The lowest BCUT2D eigenvalue weighted by Crippen LogP contribution is -2.42. The van der Waals surface area contributed by atoms with Crippen molar-refractivity contribution in [2.75, 3.05) is 25.9 Å². The number of halogens is 2. The summed E-state index contributed by atoms with van der Waals surface area (Å²) >= 11 is 0. The highest BCUT2D eigenvalue weighted by Gasteiger charge is 2.60. The number of amides is 1. The Morgan fingerprint density at radius 1 is 1.31 bits per heavy atom. The van der Waals surface area contributed by atoms with Gasteiger partial charge >= 0.3 is 19.4 Å². The number of carbonyl (C=O) groups excluding carboxylic acids is 1. The number of carbonyl (C=O) groups is 1. The summed E-state index contributed by atoms with van der Waals surface area (Å²) in [5, 5.41) is 12.8. The van der Waals surface area contributed by atoms with Crippen molar-refractivity contribution in [3.8, 4) is 5.75 Å². The number of anilines is 1. The van der Waals surface area contributed by atoms with Crippen LogP contribution in [0.5, 0.6) is 5.75 Å². The smallest absolute Gasteiger partial charge is 0.413 e. The molecule has 0 aliphatic carbocycles. The van der Waals surface area contributed by atoms with Crippen molar-refractivity contribution in [1.29, 1.82) is 0 Å². The van der Waals surface area contributed by atoms with E-state index < -0.39 is 50.4 Å². The molecule has 12 nitrogen and oxygen atoms in total. The molecule has 1 aromatic heterocycles. The number of aromatic nitrogens is 2. The predicted molar refractivity (Wildman–Crippen MR) is 118 cm³/mol. The Bertz CT molecular complexity index is 1180. The van der Waals surface area contributed by atoms with Crippen LogP contribution < -0.4 is 21.0 Å². The second-order valence-corrected chi connectivity index (χ2v) is 9.81. The minimum absolute atomic E-state index is 0.137. The quantitative estimate of drug-likeness (QED) is 0.428. The Morgan fingerprint density at radius 3 is 2.66 bits per heavy atom. The van der Waals surface area contributed by atoms with Crippen molar-refractivity contribution in [2.45, 2.75) is 36.8 Å². The third kappa shape index (κ3) is 5.21. The number of nitrogens with one attached hydrogen (secondary N) is 1. The van der Waals surface area contributed by atoms with Crippen LogP contribution in [0.4, 0.5) is 14.6 Å². The highest BCUT2D eigenvalue weighted by atomic mass is 31.2. The van der Waals surface area contributed by atoms with E-state index in [0.29, 0.717) is 17.5 Å². The van der Waals surface area contributed by atoms with Crippen LogP contribution in [0.3, 0.4) is 0 Å². The summed E-state index contributed by atoms with van der Waals surface area (Å²) in [5.74, 6) is -4.30. The largest absolute Gasteiger partial charge is 0.459 e. The van der Waals surface area contributed by atoms with Gasteiger partial charge in [-0.1, -0.05) is 18.2 Å². The summed E-state index contributed by atoms with van der Waals surface area (Å²) in [4.78, 5) is 29.2. The number of para-hydroxylation sites is 1. The van der Waals surface area contributed by atoms with Gasteiger partial charge in [0, 0.05) is 19.8 Å². The van der Waals surface area contributed by atoms with Crippen molar-refractivity contribution in [3.05, 3.63) is 53.1 Å². The van der Waals surface area contributed by atoms with Gasteiger partial charge < -0.3 is 25.0 Å². The molecule has 2 unspecified atom stereocenters. The van der Waals surface area contributed by atoms with E-state index in [4.69, 9.17) is 19.5 Å². The molecule has 0 radical (unpaired) electrons. The number of hydrogen-bond donors (Lipinski definition) is 3. The normalized spacial score (nSPS) is 27.7. The number of ether oxygens (including phenoxy) is 1. The number of likely N-dealkylation sites (N-methyl/N-ethyl adjacent to an activating group) is 1. The van der Waals surface area contributed by atoms with E-state index in [-0.39, 0.29) is 17.5 Å². The standard InChI is InChI=1S/C20H24F2N5O7P/c1-26-9-7-13(17(26)29)25-35(31,34-12-5-3-2-4-6-12)32-11-14-16(28)20(21,22)18(33-14)27-10-8-15(23)24-19(27)30/h2-6,8,10,13-14,16,18,28H,7,9,11H2,1H3,(H,25,31)(H2,23,24,30)/t13?,14?,16-,18-,35+/m1/s1. The molecule has 0 saturated carbocycles. The number of rotatable bonds is 8. The first-order valence-corrected chi connectivity index (χ1v) is 12.1. The molecule has 3 heterocycles. The SMILES string of the molecule is CN1CCC(N[P@](=O)(OCC2O[C@@H](n3ccc(N)nc3=O)C(F)(F)[C@@H]2O)Oc2ccccc2)C1=O. The summed E-state index contributed by atoms with van der Waals surface area (Å²) in [6.45, 7) is -0.400. The number of alkyl halides is 2. The molecule has 2 aromatic rings. The number of likely N-dealkylation sites (tertiary alicyclic amines) is 1. The fourth-order valence-corrected chi connectivity index (χ4v) is 5.27. The van der Waals surface area contributed by atoms with Gasteiger partial charge in [0.05, 0.1) is 12.6 Å². The summed E-state index contributed by atoms with van der Waals surface area (Å²) in [7, 11) is -2.74. The molecule has 2 aliphatic heterocycles. The zero-order chi connectivity index (χ0) is 25.4. The average Bonchev–Trinajstić information content (AvgIpc) is 3.23. The molecule has 5 atom stereocenters. The predicted octanol–water partition coefficient (Wildman–Crippen LogP) is 0.743. The van der Waals surface area contributed by atoms with Gasteiger partial charge in [-0.2, -0.15) is 18.9 Å².